The van der Waals surface area contributed by atoms with Gasteiger partial charge in [-0.2, -0.15) is 0 Å². The predicted octanol–water partition coefficient (Wildman–Crippen LogP) is 1.41. The molecule has 1 aromatic heterocycles. The lowest BCUT2D eigenvalue weighted by Crippen LogP contribution is -2.24. The molecule has 0 amide bonds. The molecule has 0 aliphatic carbocycles. The lowest BCUT2D eigenvalue weighted by Gasteiger charge is -2.08. The van der Waals surface area contributed by atoms with Gasteiger partial charge in [0.25, 0.3) is 0 Å². The summed E-state index contributed by atoms with van der Waals surface area (Å²) in [5.41, 5.74) is 3.49. The summed E-state index contributed by atoms with van der Waals surface area (Å²) in [4.78, 5) is 4.46. The zero-order valence-electron chi connectivity index (χ0n) is 11.8. The molecule has 0 unspecified atom stereocenters. The van der Waals surface area contributed by atoms with Gasteiger partial charge >= 0.3 is 0 Å². The molecule has 0 aliphatic rings. The molecule has 4 nitrogen and oxygen atoms in total. The molecule has 1 rings (SSSR count). The SMILES string of the molecule is COCCNCCCNCc1ccc(C)nc1C. The van der Waals surface area contributed by atoms with Gasteiger partial charge in [-0.05, 0) is 45.0 Å². The number of nitrogens with zero attached hydrogens (tertiary/aromatic N) is 1. The van der Waals surface area contributed by atoms with Crippen LogP contribution in [0.15, 0.2) is 12.1 Å². The smallest absolute Gasteiger partial charge is 0.0587 e. The van der Waals surface area contributed by atoms with Crippen LogP contribution in [0.4, 0.5) is 0 Å². The number of rotatable bonds is 9. The molecule has 0 saturated carbocycles. The topological polar surface area (TPSA) is 46.2 Å². The lowest BCUT2D eigenvalue weighted by atomic mass is 10.2. The van der Waals surface area contributed by atoms with Gasteiger partial charge < -0.3 is 15.4 Å². The van der Waals surface area contributed by atoms with Crippen molar-refractivity contribution in [1.82, 2.24) is 15.6 Å². The average Bonchev–Trinajstić information content (AvgIpc) is 2.35. The molecule has 0 aromatic carbocycles. The molecule has 4 heteroatoms. The van der Waals surface area contributed by atoms with Gasteiger partial charge in [0.1, 0.15) is 0 Å². The number of aryl methyl sites for hydroxylation is 2. The van der Waals surface area contributed by atoms with Crippen LogP contribution in [-0.2, 0) is 11.3 Å². The van der Waals surface area contributed by atoms with E-state index >= 15 is 0 Å². The molecule has 102 valence electrons. The van der Waals surface area contributed by atoms with Crippen LogP contribution in [0.25, 0.3) is 0 Å². The van der Waals surface area contributed by atoms with Crippen LogP contribution in [0.2, 0.25) is 0 Å². The summed E-state index contributed by atoms with van der Waals surface area (Å²) in [6, 6.07) is 4.22. The summed E-state index contributed by atoms with van der Waals surface area (Å²) in [5, 5.41) is 6.77. The normalized spacial score (nSPS) is 10.8. The lowest BCUT2D eigenvalue weighted by molar-refractivity contribution is 0.199. The number of methoxy groups -OCH3 is 1. The molecule has 0 spiro atoms. The van der Waals surface area contributed by atoms with E-state index in [9.17, 15) is 0 Å². The molecule has 18 heavy (non-hydrogen) atoms. The number of pyridine rings is 1. The van der Waals surface area contributed by atoms with Crippen LogP contribution < -0.4 is 10.6 Å². The van der Waals surface area contributed by atoms with Gasteiger partial charge in [-0.25, -0.2) is 0 Å². The Hall–Kier alpha value is -0.970. The fraction of sp³-hybridized carbons (Fsp3) is 0.643. The highest BCUT2D eigenvalue weighted by Crippen LogP contribution is 2.05. The van der Waals surface area contributed by atoms with Crippen molar-refractivity contribution in [3.8, 4) is 0 Å². The summed E-state index contributed by atoms with van der Waals surface area (Å²) < 4.78 is 4.97. The molecule has 0 radical (unpaired) electrons. The fourth-order valence-corrected chi connectivity index (χ4v) is 1.76. The summed E-state index contributed by atoms with van der Waals surface area (Å²) in [6.45, 7) is 8.75. The second-order valence-corrected chi connectivity index (χ2v) is 4.47. The Kier molecular flexibility index (Phi) is 7.57. The van der Waals surface area contributed by atoms with Crippen molar-refractivity contribution in [3.05, 3.63) is 29.1 Å². The summed E-state index contributed by atoms with van der Waals surface area (Å²) in [5.74, 6) is 0. The standard InChI is InChI=1S/C14H25N3O/c1-12-5-6-14(13(2)17-12)11-16-8-4-7-15-9-10-18-3/h5-6,15-16H,4,7-11H2,1-3H3. The van der Waals surface area contributed by atoms with Crippen molar-refractivity contribution in [3.63, 3.8) is 0 Å². The van der Waals surface area contributed by atoms with Gasteiger partial charge in [-0.15, -0.1) is 0 Å². The summed E-state index contributed by atoms with van der Waals surface area (Å²) in [7, 11) is 1.72. The van der Waals surface area contributed by atoms with E-state index in [4.69, 9.17) is 4.74 Å². The zero-order chi connectivity index (χ0) is 13.2. The van der Waals surface area contributed by atoms with Crippen LogP contribution in [-0.4, -0.2) is 38.3 Å². The van der Waals surface area contributed by atoms with Crippen molar-refractivity contribution in [2.75, 3.05) is 33.4 Å². The molecule has 1 heterocycles. The summed E-state index contributed by atoms with van der Waals surface area (Å²) in [6.07, 6.45) is 1.13. The largest absolute Gasteiger partial charge is 0.383 e. The van der Waals surface area contributed by atoms with E-state index in [0.717, 1.165) is 50.6 Å². The van der Waals surface area contributed by atoms with Crippen LogP contribution >= 0.6 is 0 Å². The van der Waals surface area contributed by atoms with Gasteiger partial charge in [0, 0.05) is 31.6 Å². The van der Waals surface area contributed by atoms with Crippen LogP contribution in [0, 0.1) is 13.8 Å². The van der Waals surface area contributed by atoms with Gasteiger partial charge in [0.15, 0.2) is 0 Å². The minimum Gasteiger partial charge on any atom is -0.383 e. The number of nitrogens with one attached hydrogen (secondary N) is 2. The van der Waals surface area contributed by atoms with Gasteiger partial charge in [-0.1, -0.05) is 6.07 Å². The molecule has 0 atom stereocenters. The van der Waals surface area contributed by atoms with Crippen molar-refractivity contribution in [1.29, 1.82) is 0 Å². The Balaban J connectivity index is 2.07. The Morgan fingerprint density at radius 3 is 2.61 bits per heavy atom. The predicted molar refractivity (Wildman–Crippen MR) is 74.8 cm³/mol. The molecule has 0 saturated heterocycles. The first-order chi connectivity index (χ1) is 8.74. The van der Waals surface area contributed by atoms with Crippen molar-refractivity contribution >= 4 is 0 Å². The zero-order valence-corrected chi connectivity index (χ0v) is 11.8. The first kappa shape index (κ1) is 15.1. The minimum absolute atomic E-state index is 0.779. The van der Waals surface area contributed by atoms with E-state index in [1.54, 1.807) is 7.11 Å². The van der Waals surface area contributed by atoms with Gasteiger partial charge in [0.05, 0.1) is 6.61 Å². The third kappa shape index (κ3) is 6.10. The summed E-state index contributed by atoms with van der Waals surface area (Å²) >= 11 is 0. The first-order valence-electron chi connectivity index (χ1n) is 6.57. The maximum atomic E-state index is 4.97. The quantitative estimate of drug-likeness (QED) is 0.652. The van der Waals surface area contributed by atoms with Crippen molar-refractivity contribution in [2.24, 2.45) is 0 Å². The third-order valence-electron chi connectivity index (χ3n) is 2.84. The average molecular weight is 251 g/mol. The molecular weight excluding hydrogens is 226 g/mol. The maximum Gasteiger partial charge on any atom is 0.0587 e. The van der Waals surface area contributed by atoms with Gasteiger partial charge in [-0.3, -0.25) is 4.98 Å². The van der Waals surface area contributed by atoms with E-state index in [1.807, 2.05) is 6.92 Å². The number of ether oxygens (including phenoxy) is 1. The highest BCUT2D eigenvalue weighted by Gasteiger charge is 1.99. The molecule has 2 N–H and O–H groups in total. The molecule has 0 bridgehead atoms. The second-order valence-electron chi connectivity index (χ2n) is 4.47. The van der Waals surface area contributed by atoms with Crippen molar-refractivity contribution in [2.45, 2.75) is 26.8 Å². The molecule has 0 aliphatic heterocycles. The number of hydrogen-bond donors (Lipinski definition) is 2. The van der Waals surface area contributed by atoms with Gasteiger partial charge in [0.2, 0.25) is 0 Å². The molecule has 0 fully saturated rings. The van der Waals surface area contributed by atoms with Crippen LogP contribution in [0.3, 0.4) is 0 Å². The fourth-order valence-electron chi connectivity index (χ4n) is 1.76. The second kappa shape index (κ2) is 9.03. The monoisotopic (exact) mass is 251 g/mol. The minimum atomic E-state index is 0.779. The Labute approximate surface area is 110 Å². The first-order valence-corrected chi connectivity index (χ1v) is 6.57. The number of aromatic nitrogens is 1. The maximum absolute atomic E-state index is 4.97. The van der Waals surface area contributed by atoms with Crippen LogP contribution in [0.5, 0.6) is 0 Å². The van der Waals surface area contributed by atoms with Crippen molar-refractivity contribution < 1.29 is 4.74 Å². The Morgan fingerprint density at radius 2 is 1.89 bits per heavy atom. The van der Waals surface area contributed by atoms with Crippen LogP contribution in [0.1, 0.15) is 23.4 Å². The van der Waals surface area contributed by atoms with E-state index < -0.39 is 0 Å². The molecule has 1 aromatic rings. The number of hydrogen-bond acceptors (Lipinski definition) is 4. The van der Waals surface area contributed by atoms with E-state index in [2.05, 4.69) is 34.7 Å². The highest BCUT2D eigenvalue weighted by molar-refractivity contribution is 5.21. The molecular formula is C14H25N3O. The third-order valence-corrected chi connectivity index (χ3v) is 2.84. The van der Waals surface area contributed by atoms with E-state index in [1.165, 1.54) is 5.56 Å². The Bertz CT molecular complexity index is 342. The van der Waals surface area contributed by atoms with E-state index in [0.29, 0.717) is 0 Å². The highest BCUT2D eigenvalue weighted by atomic mass is 16.5. The Morgan fingerprint density at radius 1 is 1.11 bits per heavy atom. The van der Waals surface area contributed by atoms with E-state index in [-0.39, 0.29) is 0 Å².